The molecule has 0 saturated heterocycles. The second-order valence-electron chi connectivity index (χ2n) is 4.98. The Kier molecular flexibility index (Phi) is 4.32. The second kappa shape index (κ2) is 5.85. The summed E-state index contributed by atoms with van der Waals surface area (Å²) < 4.78 is 55.1. The third-order valence-electron chi connectivity index (χ3n) is 3.39. The maximum atomic E-state index is 14.2. The van der Waals surface area contributed by atoms with Crippen molar-refractivity contribution in [2.45, 2.75) is 19.9 Å². The van der Waals surface area contributed by atoms with Crippen LogP contribution in [-0.4, -0.2) is 7.05 Å². The van der Waals surface area contributed by atoms with Gasteiger partial charge in [0, 0.05) is 23.3 Å². The van der Waals surface area contributed by atoms with E-state index in [0.29, 0.717) is 23.3 Å². The van der Waals surface area contributed by atoms with Crippen LogP contribution in [0.15, 0.2) is 24.3 Å². The van der Waals surface area contributed by atoms with Crippen molar-refractivity contribution in [3.8, 4) is 0 Å². The van der Waals surface area contributed by atoms with Gasteiger partial charge in [0.25, 0.3) is 0 Å². The molecule has 5 heteroatoms. The molecule has 2 aromatic rings. The predicted molar refractivity (Wildman–Crippen MR) is 73.1 cm³/mol. The van der Waals surface area contributed by atoms with Crippen LogP contribution in [0.2, 0.25) is 0 Å². The molecule has 0 amide bonds. The first-order valence-corrected chi connectivity index (χ1v) is 6.43. The van der Waals surface area contributed by atoms with Crippen molar-refractivity contribution in [2.24, 2.45) is 0 Å². The molecule has 0 spiro atoms. The van der Waals surface area contributed by atoms with Gasteiger partial charge in [0.2, 0.25) is 0 Å². The fraction of sp³-hybridized carbons (Fsp3) is 0.250. The first kappa shape index (κ1) is 15.5. The molecule has 0 fully saturated rings. The molecular weight excluding hydrogens is 282 g/mol. The Bertz CT molecular complexity index is 578. The molecule has 0 saturated carbocycles. The average molecular weight is 297 g/mol. The number of aryl methyl sites for hydroxylation is 2. The van der Waals surface area contributed by atoms with E-state index in [0.717, 1.165) is 0 Å². The second-order valence-corrected chi connectivity index (χ2v) is 4.98. The Labute approximate surface area is 120 Å². The highest BCUT2D eigenvalue weighted by Crippen LogP contribution is 2.31. The van der Waals surface area contributed by atoms with Gasteiger partial charge in [0.1, 0.15) is 23.3 Å². The van der Waals surface area contributed by atoms with Crippen LogP contribution < -0.4 is 5.32 Å². The molecule has 21 heavy (non-hydrogen) atoms. The summed E-state index contributed by atoms with van der Waals surface area (Å²) in [5, 5.41) is 2.69. The molecule has 0 bridgehead atoms. The van der Waals surface area contributed by atoms with Gasteiger partial charge in [0.15, 0.2) is 0 Å². The van der Waals surface area contributed by atoms with Gasteiger partial charge >= 0.3 is 0 Å². The molecule has 0 aliphatic heterocycles. The van der Waals surface area contributed by atoms with Gasteiger partial charge in [-0.25, -0.2) is 17.6 Å². The van der Waals surface area contributed by atoms with E-state index in [1.807, 2.05) is 0 Å². The molecule has 1 N–H and O–H groups in total. The van der Waals surface area contributed by atoms with E-state index in [2.05, 4.69) is 5.32 Å². The quantitative estimate of drug-likeness (QED) is 0.839. The zero-order chi connectivity index (χ0) is 15.7. The Balaban J connectivity index is 2.66. The van der Waals surface area contributed by atoms with E-state index in [1.54, 1.807) is 19.9 Å². The van der Waals surface area contributed by atoms with Crippen molar-refractivity contribution in [3.63, 3.8) is 0 Å². The lowest BCUT2D eigenvalue weighted by molar-refractivity contribution is 0.490. The van der Waals surface area contributed by atoms with Gasteiger partial charge in [-0.15, -0.1) is 0 Å². The number of nitrogens with one attached hydrogen (secondary N) is 1. The summed E-state index contributed by atoms with van der Waals surface area (Å²) in [5.41, 5.74) is 1.02. The lowest BCUT2D eigenvalue weighted by atomic mass is 9.92. The standard InChI is InChI=1S/C16H15F4N/c1-8-4-9(2)14(11(18)5-8)16(21-3)15-12(19)6-10(17)7-13(15)20/h4-7,16,21H,1-3H3. The summed E-state index contributed by atoms with van der Waals surface area (Å²) in [6, 6.07) is 3.16. The number of hydrogen-bond donors (Lipinski definition) is 1. The van der Waals surface area contributed by atoms with Crippen LogP contribution in [-0.2, 0) is 0 Å². The van der Waals surface area contributed by atoms with Gasteiger partial charge in [0.05, 0.1) is 6.04 Å². The molecule has 1 nitrogen and oxygen atoms in total. The minimum Gasteiger partial charge on any atom is -0.309 e. The van der Waals surface area contributed by atoms with Crippen LogP contribution in [0.4, 0.5) is 17.6 Å². The summed E-state index contributed by atoms with van der Waals surface area (Å²) in [6.07, 6.45) is 0. The fourth-order valence-electron chi connectivity index (χ4n) is 2.55. The molecule has 0 aliphatic rings. The van der Waals surface area contributed by atoms with Crippen LogP contribution in [0.5, 0.6) is 0 Å². The van der Waals surface area contributed by atoms with Gasteiger partial charge < -0.3 is 5.32 Å². The first-order valence-electron chi connectivity index (χ1n) is 6.43. The van der Waals surface area contributed by atoms with Crippen molar-refractivity contribution in [1.82, 2.24) is 5.32 Å². The molecule has 0 aromatic heterocycles. The first-order chi connectivity index (χ1) is 9.85. The summed E-state index contributed by atoms with van der Waals surface area (Å²) in [5.74, 6) is -3.67. The van der Waals surface area contributed by atoms with E-state index in [9.17, 15) is 17.6 Å². The Morgan fingerprint density at radius 1 is 0.810 bits per heavy atom. The monoisotopic (exact) mass is 297 g/mol. The molecular formula is C16H15F4N. The minimum atomic E-state index is -1.05. The molecule has 1 unspecified atom stereocenters. The maximum absolute atomic E-state index is 14.2. The van der Waals surface area contributed by atoms with Crippen molar-refractivity contribution >= 4 is 0 Å². The topological polar surface area (TPSA) is 12.0 Å². The van der Waals surface area contributed by atoms with Crippen LogP contribution >= 0.6 is 0 Å². The summed E-state index contributed by atoms with van der Waals surface area (Å²) in [7, 11) is 1.46. The molecule has 0 heterocycles. The molecule has 0 aliphatic carbocycles. The summed E-state index contributed by atoms with van der Waals surface area (Å²) in [6.45, 7) is 3.39. The number of hydrogen-bond acceptors (Lipinski definition) is 1. The van der Waals surface area contributed by atoms with Gasteiger partial charge in [-0.05, 0) is 38.1 Å². The van der Waals surface area contributed by atoms with Gasteiger partial charge in [-0.2, -0.15) is 0 Å². The minimum absolute atomic E-state index is 0.146. The van der Waals surface area contributed by atoms with Crippen LogP contribution in [0, 0.1) is 37.1 Å². The Hall–Kier alpha value is -1.88. The third-order valence-corrected chi connectivity index (χ3v) is 3.39. The molecule has 0 radical (unpaired) electrons. The third kappa shape index (κ3) is 2.93. The average Bonchev–Trinajstić information content (AvgIpc) is 2.34. The predicted octanol–water partition coefficient (Wildman–Crippen LogP) is 4.17. The lowest BCUT2D eigenvalue weighted by Crippen LogP contribution is -2.23. The largest absolute Gasteiger partial charge is 0.309 e. The van der Waals surface area contributed by atoms with Crippen molar-refractivity contribution in [2.75, 3.05) is 7.05 Å². The normalized spacial score (nSPS) is 12.5. The molecule has 2 rings (SSSR count). The Morgan fingerprint density at radius 2 is 1.33 bits per heavy atom. The SMILES string of the molecule is CNC(c1c(C)cc(C)cc1F)c1c(F)cc(F)cc1F. The van der Waals surface area contributed by atoms with E-state index < -0.39 is 34.9 Å². The zero-order valence-electron chi connectivity index (χ0n) is 11.9. The zero-order valence-corrected chi connectivity index (χ0v) is 11.9. The van der Waals surface area contributed by atoms with Crippen molar-refractivity contribution < 1.29 is 17.6 Å². The molecule has 112 valence electrons. The number of halogens is 4. The molecule has 1 atom stereocenters. The lowest BCUT2D eigenvalue weighted by Gasteiger charge is -2.21. The van der Waals surface area contributed by atoms with Crippen LogP contribution in [0.3, 0.4) is 0 Å². The fourth-order valence-corrected chi connectivity index (χ4v) is 2.55. The van der Waals surface area contributed by atoms with Crippen molar-refractivity contribution in [1.29, 1.82) is 0 Å². The highest BCUT2D eigenvalue weighted by atomic mass is 19.1. The van der Waals surface area contributed by atoms with Crippen molar-refractivity contribution in [3.05, 3.63) is 69.8 Å². The molecule has 2 aromatic carbocycles. The van der Waals surface area contributed by atoms with E-state index >= 15 is 0 Å². The maximum Gasteiger partial charge on any atom is 0.134 e. The summed E-state index contributed by atoms with van der Waals surface area (Å²) in [4.78, 5) is 0. The number of rotatable bonds is 3. The van der Waals surface area contributed by atoms with Crippen LogP contribution in [0.25, 0.3) is 0 Å². The van der Waals surface area contributed by atoms with E-state index in [1.165, 1.54) is 13.1 Å². The highest BCUT2D eigenvalue weighted by molar-refractivity contribution is 5.41. The summed E-state index contributed by atoms with van der Waals surface area (Å²) >= 11 is 0. The van der Waals surface area contributed by atoms with E-state index in [4.69, 9.17) is 0 Å². The Morgan fingerprint density at radius 3 is 1.81 bits per heavy atom. The van der Waals surface area contributed by atoms with Gasteiger partial charge in [-0.3, -0.25) is 0 Å². The smallest absolute Gasteiger partial charge is 0.134 e. The van der Waals surface area contributed by atoms with Crippen LogP contribution in [0.1, 0.15) is 28.3 Å². The number of benzene rings is 2. The van der Waals surface area contributed by atoms with Gasteiger partial charge in [-0.1, -0.05) is 6.07 Å². The van der Waals surface area contributed by atoms with E-state index in [-0.39, 0.29) is 5.56 Å². The highest BCUT2D eigenvalue weighted by Gasteiger charge is 2.25.